The van der Waals surface area contributed by atoms with Crippen molar-refractivity contribution in [2.75, 3.05) is 13.2 Å². The Hall–Kier alpha value is -0.940. The third kappa shape index (κ3) is 2.66. The lowest BCUT2D eigenvalue weighted by Crippen LogP contribution is -2.33. The van der Waals surface area contributed by atoms with Crippen LogP contribution < -0.4 is 0 Å². The van der Waals surface area contributed by atoms with Gasteiger partial charge in [-0.3, -0.25) is 4.79 Å². The topological polar surface area (TPSA) is 46.5 Å². The minimum atomic E-state index is -0.909. The fourth-order valence-corrected chi connectivity index (χ4v) is 2.61. The summed E-state index contributed by atoms with van der Waals surface area (Å²) in [4.78, 5) is 11.3. The predicted molar refractivity (Wildman–Crippen MR) is 63.3 cm³/mol. The van der Waals surface area contributed by atoms with Crippen molar-refractivity contribution >= 4 is 21.9 Å². The van der Waals surface area contributed by atoms with Gasteiger partial charge in [-0.05, 0) is 36.6 Å². The highest BCUT2D eigenvalue weighted by molar-refractivity contribution is 9.10. The number of hydrogen-bond acceptors (Lipinski definition) is 2. The minimum Gasteiger partial charge on any atom is -0.481 e. The van der Waals surface area contributed by atoms with Gasteiger partial charge in [-0.15, -0.1) is 0 Å². The quantitative estimate of drug-likeness (QED) is 0.933. The van der Waals surface area contributed by atoms with Crippen molar-refractivity contribution in [1.29, 1.82) is 0 Å². The van der Waals surface area contributed by atoms with Crippen LogP contribution in [0.3, 0.4) is 0 Å². The van der Waals surface area contributed by atoms with Crippen LogP contribution in [0.1, 0.15) is 12.0 Å². The third-order valence-electron chi connectivity index (χ3n) is 3.02. The summed E-state index contributed by atoms with van der Waals surface area (Å²) in [5, 5.41) is 9.28. The molecule has 17 heavy (non-hydrogen) atoms. The normalized spacial score (nSPS) is 23.9. The van der Waals surface area contributed by atoms with E-state index in [-0.39, 0.29) is 12.4 Å². The van der Waals surface area contributed by atoms with Crippen LogP contribution in [0.25, 0.3) is 0 Å². The molecule has 1 atom stereocenters. The first-order chi connectivity index (χ1) is 8.02. The number of carboxylic acid groups (broad SMARTS) is 1. The van der Waals surface area contributed by atoms with Gasteiger partial charge in [0.2, 0.25) is 0 Å². The van der Waals surface area contributed by atoms with Crippen LogP contribution in [0, 0.1) is 11.2 Å². The van der Waals surface area contributed by atoms with Gasteiger partial charge in [-0.25, -0.2) is 4.39 Å². The van der Waals surface area contributed by atoms with E-state index in [1.807, 2.05) is 0 Å². The molecule has 3 nitrogen and oxygen atoms in total. The van der Waals surface area contributed by atoms with E-state index in [0.29, 0.717) is 29.5 Å². The largest absolute Gasteiger partial charge is 0.481 e. The van der Waals surface area contributed by atoms with E-state index in [9.17, 15) is 14.3 Å². The molecule has 0 spiro atoms. The number of hydrogen-bond donors (Lipinski definition) is 1. The molecule has 0 aromatic heterocycles. The molecule has 5 heteroatoms. The molecule has 1 heterocycles. The Labute approximate surface area is 107 Å². The number of halogens is 2. The summed E-state index contributed by atoms with van der Waals surface area (Å²) in [6.45, 7) is 0.638. The summed E-state index contributed by atoms with van der Waals surface area (Å²) >= 11 is 3.20. The van der Waals surface area contributed by atoms with Gasteiger partial charge >= 0.3 is 5.97 Å². The van der Waals surface area contributed by atoms with Crippen LogP contribution in [0.5, 0.6) is 0 Å². The van der Waals surface area contributed by atoms with Gasteiger partial charge in [0.15, 0.2) is 0 Å². The highest BCUT2D eigenvalue weighted by atomic mass is 79.9. The number of ether oxygens (including phenoxy) is 1. The number of carboxylic acids is 1. The molecule has 92 valence electrons. The van der Waals surface area contributed by atoms with Gasteiger partial charge in [0.25, 0.3) is 0 Å². The standard InChI is InChI=1S/C12H12BrFO3/c13-9-3-8(4-10(14)5-9)6-12(11(15)16)1-2-17-7-12/h3-5H,1-2,6-7H2,(H,15,16). The molecule has 0 saturated carbocycles. The number of benzene rings is 1. The second-order valence-corrected chi connectivity index (χ2v) is 5.26. The molecule has 1 N–H and O–H groups in total. The molecule has 1 aliphatic rings. The maximum atomic E-state index is 13.2. The highest BCUT2D eigenvalue weighted by Gasteiger charge is 2.42. The van der Waals surface area contributed by atoms with Crippen molar-refractivity contribution < 1.29 is 19.0 Å². The first-order valence-corrected chi connectivity index (χ1v) is 6.07. The zero-order valence-electron chi connectivity index (χ0n) is 9.08. The lowest BCUT2D eigenvalue weighted by Gasteiger charge is -2.22. The Kier molecular flexibility index (Phi) is 3.49. The first kappa shape index (κ1) is 12.5. The average Bonchev–Trinajstić information content (AvgIpc) is 2.65. The Morgan fingerprint density at radius 2 is 2.29 bits per heavy atom. The van der Waals surface area contributed by atoms with E-state index in [1.165, 1.54) is 12.1 Å². The van der Waals surface area contributed by atoms with Crippen molar-refractivity contribution in [3.63, 3.8) is 0 Å². The Balaban J connectivity index is 2.26. The smallest absolute Gasteiger partial charge is 0.312 e. The molecule has 0 aliphatic carbocycles. The van der Waals surface area contributed by atoms with E-state index < -0.39 is 11.4 Å². The fraction of sp³-hybridized carbons (Fsp3) is 0.417. The van der Waals surface area contributed by atoms with E-state index in [0.717, 1.165) is 0 Å². The van der Waals surface area contributed by atoms with Crippen molar-refractivity contribution in [3.8, 4) is 0 Å². The van der Waals surface area contributed by atoms with Crippen molar-refractivity contribution in [2.45, 2.75) is 12.8 Å². The van der Waals surface area contributed by atoms with Crippen LogP contribution in [-0.2, 0) is 16.0 Å². The molecule has 1 aliphatic heterocycles. The molecule has 1 saturated heterocycles. The van der Waals surface area contributed by atoms with E-state index in [2.05, 4.69) is 15.9 Å². The van der Waals surface area contributed by atoms with Crippen LogP contribution in [0.2, 0.25) is 0 Å². The SMILES string of the molecule is O=C(O)C1(Cc2cc(F)cc(Br)c2)CCOC1. The molecular formula is C12H12BrFO3. The van der Waals surface area contributed by atoms with Gasteiger partial charge in [0, 0.05) is 11.1 Å². The molecule has 1 aromatic carbocycles. The number of rotatable bonds is 3. The highest BCUT2D eigenvalue weighted by Crippen LogP contribution is 2.33. The number of carbonyl (C=O) groups is 1. The fourth-order valence-electron chi connectivity index (χ4n) is 2.09. The lowest BCUT2D eigenvalue weighted by atomic mass is 9.81. The first-order valence-electron chi connectivity index (χ1n) is 5.28. The third-order valence-corrected chi connectivity index (χ3v) is 3.48. The summed E-state index contributed by atoms with van der Waals surface area (Å²) in [6.07, 6.45) is 0.759. The molecule has 1 fully saturated rings. The maximum absolute atomic E-state index is 13.2. The molecule has 0 amide bonds. The second kappa shape index (κ2) is 4.74. The molecule has 1 aromatic rings. The Morgan fingerprint density at radius 1 is 1.53 bits per heavy atom. The minimum absolute atomic E-state index is 0.191. The lowest BCUT2D eigenvalue weighted by molar-refractivity contribution is -0.148. The summed E-state index contributed by atoms with van der Waals surface area (Å²) in [5.41, 5.74) is -0.238. The zero-order valence-corrected chi connectivity index (χ0v) is 10.7. The molecule has 2 rings (SSSR count). The van der Waals surface area contributed by atoms with Crippen molar-refractivity contribution in [1.82, 2.24) is 0 Å². The van der Waals surface area contributed by atoms with E-state index in [4.69, 9.17) is 4.74 Å². The summed E-state index contributed by atoms with van der Waals surface area (Å²) in [6, 6.07) is 4.46. The second-order valence-electron chi connectivity index (χ2n) is 4.34. The van der Waals surface area contributed by atoms with Crippen molar-refractivity contribution in [2.24, 2.45) is 5.41 Å². The molecule has 1 unspecified atom stereocenters. The summed E-state index contributed by atoms with van der Waals surface area (Å²) in [5.74, 6) is -1.25. The van der Waals surface area contributed by atoms with Crippen molar-refractivity contribution in [3.05, 3.63) is 34.1 Å². The molecule has 0 radical (unpaired) electrons. The van der Waals surface area contributed by atoms with Gasteiger partial charge in [0.1, 0.15) is 5.82 Å². The van der Waals surface area contributed by atoms with E-state index >= 15 is 0 Å². The maximum Gasteiger partial charge on any atom is 0.312 e. The van der Waals surface area contributed by atoms with E-state index in [1.54, 1.807) is 6.07 Å². The molecular weight excluding hydrogens is 291 g/mol. The Bertz CT molecular complexity index is 421. The average molecular weight is 303 g/mol. The monoisotopic (exact) mass is 302 g/mol. The van der Waals surface area contributed by atoms with Crippen LogP contribution >= 0.6 is 15.9 Å². The Morgan fingerprint density at radius 3 is 2.82 bits per heavy atom. The van der Waals surface area contributed by atoms with Gasteiger partial charge < -0.3 is 9.84 Å². The summed E-state index contributed by atoms with van der Waals surface area (Å²) in [7, 11) is 0. The molecule has 0 bridgehead atoms. The summed E-state index contributed by atoms with van der Waals surface area (Å²) < 4.78 is 19.0. The van der Waals surface area contributed by atoms with Crippen LogP contribution in [0.4, 0.5) is 4.39 Å². The van der Waals surface area contributed by atoms with Gasteiger partial charge in [-0.2, -0.15) is 0 Å². The predicted octanol–water partition coefficient (Wildman–Crippen LogP) is 2.62. The van der Waals surface area contributed by atoms with Gasteiger partial charge in [-0.1, -0.05) is 15.9 Å². The van der Waals surface area contributed by atoms with Crippen LogP contribution in [0.15, 0.2) is 22.7 Å². The van der Waals surface area contributed by atoms with Gasteiger partial charge in [0.05, 0.1) is 12.0 Å². The zero-order chi connectivity index (χ0) is 12.5. The number of aliphatic carboxylic acids is 1. The van der Waals surface area contributed by atoms with Crippen LogP contribution in [-0.4, -0.2) is 24.3 Å².